The van der Waals surface area contributed by atoms with Crippen molar-refractivity contribution in [1.29, 1.82) is 0 Å². The van der Waals surface area contributed by atoms with E-state index in [0.717, 1.165) is 0 Å². The minimum atomic E-state index is -1.03. The van der Waals surface area contributed by atoms with Gasteiger partial charge in [-0.15, -0.1) is 5.10 Å². The Morgan fingerprint density at radius 2 is 1.83 bits per heavy atom. The summed E-state index contributed by atoms with van der Waals surface area (Å²) in [6.45, 7) is -0.330. The summed E-state index contributed by atoms with van der Waals surface area (Å²) in [5, 5.41) is 24.6. The smallest absolute Gasteiger partial charge is 0.322 e. The average molecular weight is 442 g/mol. The molecule has 150 valence electrons. The van der Waals surface area contributed by atoms with Crippen LogP contribution in [-0.2, 0) is 4.79 Å². The molecule has 2 N–H and O–H groups in total. The van der Waals surface area contributed by atoms with Crippen LogP contribution in [0.15, 0.2) is 54.7 Å². The Hall–Kier alpha value is -3.56. The molecule has 0 radical (unpaired) electrons. The van der Waals surface area contributed by atoms with Crippen molar-refractivity contribution in [3.63, 3.8) is 0 Å². The molecule has 30 heavy (non-hydrogen) atoms. The van der Waals surface area contributed by atoms with E-state index in [9.17, 15) is 4.79 Å². The molecule has 9 nitrogen and oxygen atoms in total. The number of tetrazole rings is 1. The van der Waals surface area contributed by atoms with Crippen molar-refractivity contribution in [2.75, 3.05) is 11.9 Å². The van der Waals surface area contributed by atoms with Gasteiger partial charge in [-0.25, -0.2) is 9.97 Å². The SMILES string of the molecule is O=C(O)CNc1ncc(-c2nnnn2-c2ccc(Cl)cc2)c(-c2ccccc2Cl)n1. The normalized spacial score (nSPS) is 10.7. The van der Waals surface area contributed by atoms with Gasteiger partial charge in [-0.2, -0.15) is 4.68 Å². The first-order valence-corrected chi connectivity index (χ1v) is 9.41. The molecule has 2 heterocycles. The maximum absolute atomic E-state index is 10.9. The lowest BCUT2D eigenvalue weighted by Crippen LogP contribution is -2.14. The lowest BCUT2D eigenvalue weighted by atomic mass is 10.1. The second-order valence-corrected chi connectivity index (χ2v) is 6.92. The molecule has 0 bridgehead atoms. The third-order valence-electron chi connectivity index (χ3n) is 4.10. The predicted octanol–water partition coefficient (Wildman–Crippen LogP) is 3.59. The number of hydrogen-bond acceptors (Lipinski definition) is 7. The van der Waals surface area contributed by atoms with Crippen LogP contribution in [0.4, 0.5) is 5.95 Å². The van der Waals surface area contributed by atoms with Gasteiger partial charge in [0, 0.05) is 21.8 Å². The number of nitrogens with one attached hydrogen (secondary N) is 1. The zero-order valence-corrected chi connectivity index (χ0v) is 16.7. The second-order valence-electron chi connectivity index (χ2n) is 6.07. The van der Waals surface area contributed by atoms with Gasteiger partial charge in [-0.3, -0.25) is 4.79 Å². The quantitative estimate of drug-likeness (QED) is 0.465. The van der Waals surface area contributed by atoms with Crippen LogP contribution in [0.3, 0.4) is 0 Å². The minimum absolute atomic E-state index is 0.140. The monoisotopic (exact) mass is 441 g/mol. The fourth-order valence-electron chi connectivity index (χ4n) is 2.76. The van der Waals surface area contributed by atoms with Gasteiger partial charge in [-0.05, 0) is 40.8 Å². The molecule has 0 aliphatic heterocycles. The van der Waals surface area contributed by atoms with Crippen LogP contribution in [0.25, 0.3) is 28.3 Å². The summed E-state index contributed by atoms with van der Waals surface area (Å²) >= 11 is 12.4. The van der Waals surface area contributed by atoms with E-state index in [4.69, 9.17) is 28.3 Å². The number of carbonyl (C=O) groups is 1. The molecule has 0 saturated carbocycles. The van der Waals surface area contributed by atoms with E-state index < -0.39 is 5.97 Å². The number of halogens is 2. The molecule has 0 atom stereocenters. The third-order valence-corrected chi connectivity index (χ3v) is 4.68. The fraction of sp³-hybridized carbons (Fsp3) is 0.0526. The summed E-state index contributed by atoms with van der Waals surface area (Å²) in [5.41, 5.74) is 2.29. The summed E-state index contributed by atoms with van der Waals surface area (Å²) in [6, 6.07) is 14.2. The molecule has 0 aliphatic carbocycles. The summed E-state index contributed by atoms with van der Waals surface area (Å²) in [4.78, 5) is 19.6. The van der Waals surface area contributed by atoms with Gasteiger partial charge in [0.25, 0.3) is 0 Å². The van der Waals surface area contributed by atoms with Crippen LogP contribution in [0.5, 0.6) is 0 Å². The Morgan fingerprint density at radius 1 is 1.07 bits per heavy atom. The lowest BCUT2D eigenvalue weighted by Gasteiger charge is -2.12. The lowest BCUT2D eigenvalue weighted by molar-refractivity contribution is -0.134. The number of rotatable bonds is 6. The van der Waals surface area contributed by atoms with E-state index in [1.807, 2.05) is 6.07 Å². The number of carboxylic acid groups (broad SMARTS) is 1. The topological polar surface area (TPSA) is 119 Å². The van der Waals surface area contributed by atoms with Gasteiger partial charge in [-0.1, -0.05) is 41.4 Å². The van der Waals surface area contributed by atoms with Gasteiger partial charge in [0.1, 0.15) is 6.54 Å². The van der Waals surface area contributed by atoms with Crippen molar-refractivity contribution in [3.8, 4) is 28.3 Å². The molecule has 0 saturated heterocycles. The first-order valence-electron chi connectivity index (χ1n) is 8.65. The molecular formula is C19H13Cl2N7O2. The molecule has 0 fully saturated rings. The molecular weight excluding hydrogens is 429 g/mol. The maximum atomic E-state index is 10.9. The number of anilines is 1. The number of hydrogen-bond donors (Lipinski definition) is 2. The van der Waals surface area contributed by atoms with Gasteiger partial charge in [0.2, 0.25) is 5.95 Å². The predicted molar refractivity (Wildman–Crippen MR) is 112 cm³/mol. The van der Waals surface area contributed by atoms with Crippen molar-refractivity contribution in [1.82, 2.24) is 30.2 Å². The van der Waals surface area contributed by atoms with E-state index in [1.54, 1.807) is 42.5 Å². The molecule has 2 aromatic carbocycles. The Balaban J connectivity index is 1.86. The number of aliphatic carboxylic acids is 1. The summed E-state index contributed by atoms with van der Waals surface area (Å²) in [5.74, 6) is -0.507. The molecule has 4 rings (SSSR count). The van der Waals surface area contributed by atoms with Crippen LogP contribution < -0.4 is 5.32 Å². The summed E-state index contributed by atoms with van der Waals surface area (Å²) in [6.07, 6.45) is 1.52. The Bertz CT molecular complexity index is 1210. The summed E-state index contributed by atoms with van der Waals surface area (Å²) < 4.78 is 1.53. The van der Waals surface area contributed by atoms with E-state index >= 15 is 0 Å². The minimum Gasteiger partial charge on any atom is -0.480 e. The van der Waals surface area contributed by atoms with Crippen LogP contribution in [-0.4, -0.2) is 47.8 Å². The number of benzene rings is 2. The van der Waals surface area contributed by atoms with Crippen molar-refractivity contribution < 1.29 is 9.90 Å². The van der Waals surface area contributed by atoms with Crippen molar-refractivity contribution in [3.05, 3.63) is 64.8 Å². The van der Waals surface area contributed by atoms with Crippen molar-refractivity contribution in [2.24, 2.45) is 0 Å². The first-order chi connectivity index (χ1) is 14.5. The van der Waals surface area contributed by atoms with E-state index in [-0.39, 0.29) is 12.5 Å². The second kappa shape index (κ2) is 8.44. The van der Waals surface area contributed by atoms with Crippen molar-refractivity contribution >= 4 is 35.1 Å². The number of aromatic nitrogens is 6. The van der Waals surface area contributed by atoms with E-state index in [0.29, 0.717) is 38.4 Å². The Kier molecular flexibility index (Phi) is 5.55. The molecule has 0 unspecified atom stereocenters. The zero-order chi connectivity index (χ0) is 21.1. The zero-order valence-electron chi connectivity index (χ0n) is 15.2. The van der Waals surface area contributed by atoms with E-state index in [1.165, 1.54) is 10.9 Å². The van der Waals surface area contributed by atoms with Crippen LogP contribution in [0.1, 0.15) is 0 Å². The molecule has 11 heteroatoms. The molecule has 0 amide bonds. The highest BCUT2D eigenvalue weighted by atomic mass is 35.5. The van der Waals surface area contributed by atoms with Gasteiger partial charge in [0.05, 0.1) is 16.9 Å². The highest BCUT2D eigenvalue weighted by molar-refractivity contribution is 6.33. The molecule has 2 aromatic heterocycles. The Morgan fingerprint density at radius 3 is 2.57 bits per heavy atom. The molecule has 0 spiro atoms. The van der Waals surface area contributed by atoms with Crippen LogP contribution in [0.2, 0.25) is 10.0 Å². The third kappa shape index (κ3) is 4.07. The largest absolute Gasteiger partial charge is 0.480 e. The highest BCUT2D eigenvalue weighted by Gasteiger charge is 2.20. The maximum Gasteiger partial charge on any atom is 0.322 e. The van der Waals surface area contributed by atoms with Crippen LogP contribution in [0, 0.1) is 0 Å². The standard InChI is InChI=1S/C19H13Cl2N7O2/c20-11-5-7-12(8-6-11)28-18(25-26-27-28)14-9-22-19(23-10-16(29)30)24-17(14)13-3-1-2-4-15(13)21/h1-9H,10H2,(H,29,30)(H,22,23,24). The fourth-order valence-corrected chi connectivity index (χ4v) is 3.11. The van der Waals surface area contributed by atoms with Gasteiger partial charge < -0.3 is 10.4 Å². The van der Waals surface area contributed by atoms with Gasteiger partial charge >= 0.3 is 5.97 Å². The van der Waals surface area contributed by atoms with Gasteiger partial charge in [0.15, 0.2) is 5.82 Å². The average Bonchev–Trinajstić information content (AvgIpc) is 3.22. The Labute approximate surface area is 180 Å². The van der Waals surface area contributed by atoms with E-state index in [2.05, 4.69) is 30.8 Å². The number of nitrogens with zero attached hydrogens (tertiary/aromatic N) is 6. The molecule has 4 aromatic rings. The van der Waals surface area contributed by atoms with Crippen molar-refractivity contribution in [2.45, 2.75) is 0 Å². The molecule has 0 aliphatic rings. The summed E-state index contributed by atoms with van der Waals surface area (Å²) in [7, 11) is 0. The van der Waals surface area contributed by atoms with Crippen LogP contribution >= 0.6 is 23.2 Å². The first kappa shape index (κ1) is 19.7. The highest BCUT2D eigenvalue weighted by Crippen LogP contribution is 2.34. The number of carboxylic acids is 1.